The molecule has 20 rings (SSSR count). The van der Waals surface area contributed by atoms with Crippen LogP contribution < -0.4 is 0 Å². The van der Waals surface area contributed by atoms with Gasteiger partial charge in [-0.2, -0.15) is 0 Å². The van der Waals surface area contributed by atoms with Gasteiger partial charge in [0, 0.05) is 175 Å². The smallest absolute Gasteiger partial charge is 0.270 e. The van der Waals surface area contributed by atoms with E-state index in [1.165, 1.54) is 17.2 Å². The van der Waals surface area contributed by atoms with Crippen LogP contribution in [0.5, 0.6) is 0 Å². The van der Waals surface area contributed by atoms with E-state index in [9.17, 15) is 32.8 Å². The summed E-state index contributed by atoms with van der Waals surface area (Å²) in [6.07, 6.45) is 2.04. The van der Waals surface area contributed by atoms with Crippen molar-refractivity contribution in [2.24, 2.45) is 35.2 Å². The highest BCUT2D eigenvalue weighted by Crippen LogP contribution is 2.42. The van der Waals surface area contributed by atoms with Crippen LogP contribution in [0.3, 0.4) is 0 Å². The Morgan fingerprint density at radius 1 is 0.306 bits per heavy atom. The van der Waals surface area contributed by atoms with Crippen molar-refractivity contribution >= 4 is 217 Å². The van der Waals surface area contributed by atoms with Crippen molar-refractivity contribution in [1.82, 2.24) is 72.3 Å². The molecule has 0 aliphatic carbocycles. The third-order valence-corrected chi connectivity index (χ3v) is 32.2. The molecule has 5 aliphatic rings. The van der Waals surface area contributed by atoms with Crippen molar-refractivity contribution in [3.8, 4) is 0 Å². The van der Waals surface area contributed by atoms with Gasteiger partial charge in [0.2, 0.25) is 0 Å². The summed E-state index contributed by atoms with van der Waals surface area (Å²) in [4.78, 5) is 97.4. The van der Waals surface area contributed by atoms with Gasteiger partial charge in [-0.3, -0.25) is 24.0 Å². The number of benzene rings is 10. The molecule has 38 heteroatoms. The number of halogens is 13. The molecule has 0 bridgehead atoms. The number of carbonyl (C=O) groups excluding carboxylic acids is 5. The highest BCUT2D eigenvalue weighted by atomic mass is 79.9. The molecule has 147 heavy (non-hydrogen) atoms. The Hall–Kier alpha value is -10.1. The molecule has 5 amide bonds. The maximum atomic E-state index is 14.0. The van der Waals surface area contributed by atoms with Crippen molar-refractivity contribution in [2.75, 3.05) is 132 Å². The third kappa shape index (κ3) is 23.7. The summed E-state index contributed by atoms with van der Waals surface area (Å²) >= 11 is 69.2. The van der Waals surface area contributed by atoms with Gasteiger partial charge < -0.3 is 71.0 Å². The maximum Gasteiger partial charge on any atom is 0.270 e. The SMILES string of the molecule is Cc1c(C(C)(F)F)ccc2c1nc(Cc1c(Cl)ccc(C(=O)N3CCOCC3)c1Cl)n2C.Cc1cc(Br)cc2c1nc(Cc1c(Cl)ccc(C(=O)N3CCOCC3)c1Cl)n2C.Cc1ccc2c(c1)nc(Cc1c(Cl)ccc(C(=O)N3CCOCC3)c1Cl)n2C.Cc1ccc2c(nc(Cc3c(Cl)ccc(C(=O)N4CCOCC4)c3Cl)n2C)c1C.Cc1ccc2c(nc(Cc3c(Cl)ccc(C(=O)N4CCOCC4)c3Cl)n2C)c1C. The number of carbonyl (C=O) groups is 5. The molecular formula is C109H110BrCl10F2N15O10. The van der Waals surface area contributed by atoms with Gasteiger partial charge in [0.05, 0.1) is 174 Å². The quantitative estimate of drug-likeness (QED) is 0.0874. The molecule has 5 aromatic heterocycles. The first-order valence-corrected chi connectivity index (χ1v) is 52.6. The first-order valence-electron chi connectivity index (χ1n) is 48.1. The average molecular weight is 2260 g/mol. The number of nitrogens with zero attached hydrogens (tertiary/aromatic N) is 15. The molecule has 0 radical (unpaired) electrons. The normalized spacial score (nSPS) is 14.7. The van der Waals surface area contributed by atoms with E-state index in [1.54, 1.807) is 98.2 Å². The number of hydrogen-bond donors (Lipinski definition) is 0. The summed E-state index contributed by atoms with van der Waals surface area (Å²) < 4.78 is 65.6. The molecule has 0 atom stereocenters. The summed E-state index contributed by atoms with van der Waals surface area (Å²) in [7, 11) is 9.75. The summed E-state index contributed by atoms with van der Waals surface area (Å²) in [6.45, 7) is 25.8. The molecule has 5 fully saturated rings. The van der Waals surface area contributed by atoms with E-state index in [0.717, 1.165) is 123 Å². The number of fused-ring (bicyclic) bond motifs is 5. The lowest BCUT2D eigenvalue weighted by Crippen LogP contribution is -2.40. The molecular weight excluding hydrogens is 2150 g/mol. The van der Waals surface area contributed by atoms with Gasteiger partial charge in [-0.15, -0.1) is 0 Å². The van der Waals surface area contributed by atoms with E-state index in [1.807, 2.05) is 74.9 Å². The molecule has 772 valence electrons. The number of ether oxygens (including phenoxy) is 5. The fourth-order valence-electron chi connectivity index (χ4n) is 18.7. The molecule has 0 saturated carbocycles. The van der Waals surface area contributed by atoms with Crippen LogP contribution in [0.25, 0.3) is 55.2 Å². The van der Waals surface area contributed by atoms with Crippen LogP contribution in [0.15, 0.2) is 132 Å². The van der Waals surface area contributed by atoms with Crippen LogP contribution in [0.4, 0.5) is 8.78 Å². The van der Waals surface area contributed by atoms with Gasteiger partial charge in [-0.1, -0.05) is 156 Å². The second kappa shape index (κ2) is 47.2. The molecule has 15 aromatic rings. The Morgan fingerprint density at radius 3 is 0.850 bits per heavy atom. The summed E-state index contributed by atoms with van der Waals surface area (Å²) in [5, 5.41) is 4.40. The average Bonchev–Trinajstić information content (AvgIpc) is 1.63. The zero-order chi connectivity index (χ0) is 105. The molecule has 10 aromatic carbocycles. The fourth-order valence-corrected chi connectivity index (χ4v) is 22.2. The van der Waals surface area contributed by atoms with E-state index in [4.69, 9.17) is 160 Å². The van der Waals surface area contributed by atoms with Crippen LogP contribution >= 0.6 is 132 Å². The molecule has 5 saturated heterocycles. The third-order valence-electron chi connectivity index (χ3n) is 27.8. The van der Waals surface area contributed by atoms with E-state index in [2.05, 4.69) is 100 Å². The zero-order valence-corrected chi connectivity index (χ0v) is 92.7. The van der Waals surface area contributed by atoms with Crippen LogP contribution in [0.1, 0.15) is 160 Å². The Bertz CT molecular complexity index is 7330. The number of morpholine rings is 5. The van der Waals surface area contributed by atoms with E-state index < -0.39 is 5.92 Å². The highest BCUT2D eigenvalue weighted by molar-refractivity contribution is 9.10. The number of imidazole rings is 5. The lowest BCUT2D eigenvalue weighted by Gasteiger charge is -2.27. The summed E-state index contributed by atoms with van der Waals surface area (Å²) in [6, 6.07) is 38.8. The highest BCUT2D eigenvalue weighted by Gasteiger charge is 2.34. The van der Waals surface area contributed by atoms with Crippen molar-refractivity contribution in [1.29, 1.82) is 0 Å². The Kier molecular flexibility index (Phi) is 35.2. The molecule has 0 spiro atoms. The minimum atomic E-state index is -2.96. The fraction of sp³-hybridized carbons (Fsp3) is 0.358. The lowest BCUT2D eigenvalue weighted by molar-refractivity contribution is 0.0169. The van der Waals surface area contributed by atoms with Gasteiger partial charge in [0.15, 0.2) is 0 Å². The van der Waals surface area contributed by atoms with Crippen molar-refractivity contribution in [3.63, 3.8) is 0 Å². The Balaban J connectivity index is 0.000000131. The van der Waals surface area contributed by atoms with Crippen molar-refractivity contribution < 1.29 is 56.4 Å². The topological polar surface area (TPSA) is 237 Å². The van der Waals surface area contributed by atoms with Gasteiger partial charge in [0.25, 0.3) is 35.5 Å². The second-order valence-corrected chi connectivity index (χ2v) is 41.9. The lowest BCUT2D eigenvalue weighted by atomic mass is 10.0. The number of hydrogen-bond acceptors (Lipinski definition) is 15. The number of aromatic nitrogens is 10. The minimum absolute atomic E-state index is 0.0520. The number of aryl methyl sites for hydroxylation is 12. The van der Waals surface area contributed by atoms with Crippen LogP contribution in [-0.4, -0.2) is 233 Å². The van der Waals surface area contributed by atoms with E-state index >= 15 is 0 Å². The first-order chi connectivity index (χ1) is 70.2. The Labute approximate surface area is 909 Å². The van der Waals surface area contributed by atoms with Gasteiger partial charge in [-0.05, 0) is 218 Å². The van der Waals surface area contributed by atoms with Gasteiger partial charge in [-0.25, -0.2) is 33.7 Å². The number of amides is 5. The largest absolute Gasteiger partial charge is 0.378 e. The van der Waals surface area contributed by atoms with E-state index in [-0.39, 0.29) is 46.5 Å². The summed E-state index contributed by atoms with van der Waals surface area (Å²) in [5.41, 5.74) is 22.4. The summed E-state index contributed by atoms with van der Waals surface area (Å²) in [5.74, 6) is 0.499. The monoisotopic (exact) mass is 2260 g/mol. The molecule has 0 N–H and O–H groups in total. The number of alkyl halides is 2. The van der Waals surface area contributed by atoms with Gasteiger partial charge in [0.1, 0.15) is 29.1 Å². The predicted octanol–water partition coefficient (Wildman–Crippen LogP) is 23.7. The predicted molar refractivity (Wildman–Crippen MR) is 584 cm³/mol. The number of rotatable bonds is 16. The Morgan fingerprint density at radius 2 is 0.558 bits per heavy atom. The maximum absolute atomic E-state index is 14.0. The van der Waals surface area contributed by atoms with Crippen LogP contribution in [-0.2, 0) is 96.9 Å². The van der Waals surface area contributed by atoms with Crippen molar-refractivity contribution in [2.45, 2.75) is 93.4 Å². The molecule has 5 aliphatic heterocycles. The van der Waals surface area contributed by atoms with Crippen LogP contribution in [0, 0.1) is 48.5 Å². The molecule has 10 heterocycles. The molecule has 25 nitrogen and oxygen atoms in total. The van der Waals surface area contributed by atoms with Gasteiger partial charge >= 0.3 is 0 Å². The van der Waals surface area contributed by atoms with Crippen molar-refractivity contribution in [3.05, 3.63) is 311 Å². The molecule has 0 unspecified atom stereocenters. The minimum Gasteiger partial charge on any atom is -0.378 e. The van der Waals surface area contributed by atoms with E-state index in [0.29, 0.717) is 258 Å². The second-order valence-electron chi connectivity index (χ2n) is 37.1. The standard InChI is InChI=1S/C23H23Cl2F2N3O2.2C22H23Cl2N3O2.C21H20BrCl2N3O2.C21H21Cl2N3O2/c1-13-16(23(2,26)27)5-7-18-21(13)28-19(29(18)3)12-15-17(24)6-4-14(20(15)25)22(31)30-8-10-32-11-9-30;2*1-13-4-7-18-21(14(13)2)25-19(26(18)3)12-16-17(23)6-5-15(20(16)24)22(28)27-8-10-29-11-9-27;1-12-9-13(22)10-17-20(12)25-18(26(17)2)11-15-16(23)4-3-14(19(15)24)21(28)27-5-7-29-8-6-27;1-13-3-6-18-17(11-13)24-19(25(18)2)12-15-16(22)5-4-14(20(15)23)21(27)26-7-9-28-10-8-26/h4-7H,8-12H2,1-3H3;2*4-7H,8-12H2,1-3H3;3-4,9-10H,5-8,11H2,1-2H3;3-6,11H,7-10,12H2,1-2H3. The first kappa shape index (κ1) is 110. The zero-order valence-electron chi connectivity index (χ0n) is 83.5. The van der Waals surface area contributed by atoms with Crippen LogP contribution in [0.2, 0.25) is 50.2 Å².